The minimum absolute atomic E-state index is 0.103. The molecule has 0 spiro atoms. The third-order valence-corrected chi connectivity index (χ3v) is 5.63. The number of hydrogen-bond acceptors (Lipinski definition) is 5. The summed E-state index contributed by atoms with van der Waals surface area (Å²) in [6.45, 7) is 5.59. The second kappa shape index (κ2) is 12.6. The number of aryl methyl sites for hydroxylation is 1. The maximum absolute atomic E-state index is 13.0. The Morgan fingerprint density at radius 2 is 1.72 bits per heavy atom. The van der Waals surface area contributed by atoms with Crippen LogP contribution in [0.2, 0.25) is 0 Å². The maximum Gasteiger partial charge on any atom is 0.416 e. The van der Waals surface area contributed by atoms with E-state index in [1.807, 2.05) is 26.0 Å². The molecular weight excluding hydrogens is 511 g/mol. The Kier molecular flexibility index (Phi) is 9.33. The number of ether oxygens (including phenoxy) is 2. The highest BCUT2D eigenvalue weighted by molar-refractivity contribution is 6.09. The summed E-state index contributed by atoms with van der Waals surface area (Å²) in [6.07, 6.45) is -3.31. The minimum Gasteiger partial charge on any atom is -0.490 e. The third kappa shape index (κ3) is 7.85. The fraction of sp³-hybridized carbons (Fsp3) is 0.207. The molecule has 7 nitrogen and oxygen atoms in total. The van der Waals surface area contributed by atoms with Crippen molar-refractivity contribution < 1.29 is 32.2 Å². The molecule has 3 aromatic rings. The van der Waals surface area contributed by atoms with E-state index in [4.69, 9.17) is 9.47 Å². The molecule has 0 heterocycles. The average Bonchev–Trinajstić information content (AvgIpc) is 2.89. The number of carbonyl (C=O) groups is 2. The molecule has 0 saturated carbocycles. The topological polar surface area (TPSA) is 100 Å². The SMILES string of the molecule is CCOc1cc(/C=C(\C#N)C(=O)Nc2cccc(C(F)(F)F)c2)ccc1OCC(=O)Nc1cccc(C)c1C. The van der Waals surface area contributed by atoms with Crippen LogP contribution in [0.3, 0.4) is 0 Å². The lowest BCUT2D eigenvalue weighted by Gasteiger charge is -2.14. The van der Waals surface area contributed by atoms with E-state index in [-0.39, 0.29) is 41.9 Å². The fourth-order valence-electron chi connectivity index (χ4n) is 3.51. The van der Waals surface area contributed by atoms with Crippen LogP contribution in [0.5, 0.6) is 11.5 Å². The maximum atomic E-state index is 13.0. The lowest BCUT2D eigenvalue weighted by Crippen LogP contribution is -2.21. The van der Waals surface area contributed by atoms with Crippen LogP contribution in [0.25, 0.3) is 6.08 Å². The molecule has 0 aliphatic carbocycles. The zero-order valence-corrected chi connectivity index (χ0v) is 21.5. The summed E-state index contributed by atoms with van der Waals surface area (Å²) >= 11 is 0. The van der Waals surface area contributed by atoms with Gasteiger partial charge in [-0.25, -0.2) is 0 Å². The molecule has 0 aliphatic rings. The number of carbonyl (C=O) groups excluding carboxylic acids is 2. The van der Waals surface area contributed by atoms with Gasteiger partial charge in [-0.2, -0.15) is 18.4 Å². The van der Waals surface area contributed by atoms with Gasteiger partial charge >= 0.3 is 6.18 Å². The van der Waals surface area contributed by atoms with Crippen LogP contribution in [0.1, 0.15) is 29.2 Å². The zero-order chi connectivity index (χ0) is 28.6. The Balaban J connectivity index is 1.73. The Morgan fingerprint density at radius 3 is 2.41 bits per heavy atom. The van der Waals surface area contributed by atoms with E-state index in [1.165, 1.54) is 24.3 Å². The van der Waals surface area contributed by atoms with Gasteiger partial charge in [0.25, 0.3) is 11.8 Å². The summed E-state index contributed by atoms with van der Waals surface area (Å²) in [5, 5.41) is 14.6. The van der Waals surface area contributed by atoms with Crippen LogP contribution in [0, 0.1) is 25.2 Å². The van der Waals surface area contributed by atoms with Gasteiger partial charge in [0.05, 0.1) is 12.2 Å². The molecule has 10 heteroatoms. The molecule has 0 radical (unpaired) electrons. The fourth-order valence-corrected chi connectivity index (χ4v) is 3.51. The summed E-state index contributed by atoms with van der Waals surface area (Å²) < 4.78 is 50.1. The van der Waals surface area contributed by atoms with E-state index >= 15 is 0 Å². The van der Waals surface area contributed by atoms with E-state index in [2.05, 4.69) is 10.6 Å². The first kappa shape index (κ1) is 28.8. The number of halogens is 3. The standard InChI is InChI=1S/C29H26F3N3O4/c1-4-38-26-14-20(11-12-25(26)39-17-27(36)35-24-10-5-7-18(2)19(24)3)13-21(16-33)28(37)34-23-9-6-8-22(15-23)29(30,31)32/h5-15H,4,17H2,1-3H3,(H,34,37)(H,35,36)/b21-13+. The van der Waals surface area contributed by atoms with E-state index in [9.17, 15) is 28.0 Å². The number of nitrogens with one attached hydrogen (secondary N) is 2. The number of nitrogens with zero attached hydrogens (tertiary/aromatic N) is 1. The lowest BCUT2D eigenvalue weighted by atomic mass is 10.1. The number of amides is 2. The first-order valence-corrected chi connectivity index (χ1v) is 11.9. The predicted octanol–water partition coefficient (Wildman–Crippen LogP) is 6.28. The van der Waals surface area contributed by atoms with Crippen molar-refractivity contribution >= 4 is 29.3 Å². The lowest BCUT2D eigenvalue weighted by molar-refractivity contribution is -0.137. The highest BCUT2D eigenvalue weighted by atomic mass is 19.4. The van der Waals surface area contributed by atoms with Crippen molar-refractivity contribution in [3.05, 3.63) is 88.5 Å². The van der Waals surface area contributed by atoms with Crippen LogP contribution in [-0.2, 0) is 15.8 Å². The molecule has 0 aromatic heterocycles. The summed E-state index contributed by atoms with van der Waals surface area (Å²) in [4.78, 5) is 25.0. The van der Waals surface area contributed by atoms with Crippen LogP contribution in [0.4, 0.5) is 24.5 Å². The predicted molar refractivity (Wildman–Crippen MR) is 141 cm³/mol. The monoisotopic (exact) mass is 537 g/mol. The van der Waals surface area contributed by atoms with Crippen LogP contribution in [0.15, 0.2) is 66.2 Å². The Bertz CT molecular complexity index is 1440. The van der Waals surface area contributed by atoms with E-state index in [0.29, 0.717) is 11.3 Å². The van der Waals surface area contributed by atoms with Gasteiger partial charge in [0.1, 0.15) is 11.6 Å². The Labute approximate surface area is 223 Å². The molecule has 39 heavy (non-hydrogen) atoms. The van der Waals surface area contributed by atoms with Crippen molar-refractivity contribution in [3.8, 4) is 17.6 Å². The molecule has 2 N–H and O–H groups in total. The van der Waals surface area contributed by atoms with E-state index < -0.39 is 17.6 Å². The molecule has 0 aliphatic heterocycles. The molecule has 0 bridgehead atoms. The van der Waals surface area contributed by atoms with Crippen LogP contribution < -0.4 is 20.1 Å². The number of nitriles is 1. The number of rotatable bonds is 9. The van der Waals surface area contributed by atoms with Gasteiger partial charge in [-0.05, 0) is 79.9 Å². The van der Waals surface area contributed by atoms with Crippen LogP contribution in [-0.4, -0.2) is 25.0 Å². The van der Waals surface area contributed by atoms with Crippen molar-refractivity contribution in [2.75, 3.05) is 23.8 Å². The van der Waals surface area contributed by atoms with Crippen molar-refractivity contribution in [1.82, 2.24) is 0 Å². The molecule has 202 valence electrons. The summed E-state index contributed by atoms with van der Waals surface area (Å²) in [5.41, 5.74) is 1.70. The van der Waals surface area contributed by atoms with Crippen molar-refractivity contribution in [2.24, 2.45) is 0 Å². The molecule has 0 fully saturated rings. The smallest absolute Gasteiger partial charge is 0.416 e. The molecule has 0 unspecified atom stereocenters. The largest absolute Gasteiger partial charge is 0.490 e. The normalized spacial score (nSPS) is 11.4. The van der Waals surface area contributed by atoms with Gasteiger partial charge in [0.15, 0.2) is 18.1 Å². The van der Waals surface area contributed by atoms with Gasteiger partial charge < -0.3 is 20.1 Å². The second-order valence-corrected chi connectivity index (χ2v) is 8.43. The Hall–Kier alpha value is -4.78. The number of hydrogen-bond donors (Lipinski definition) is 2. The third-order valence-electron chi connectivity index (χ3n) is 5.63. The summed E-state index contributed by atoms with van der Waals surface area (Å²) in [7, 11) is 0. The van der Waals surface area contributed by atoms with Gasteiger partial charge in [0.2, 0.25) is 0 Å². The number of alkyl halides is 3. The number of benzene rings is 3. The van der Waals surface area contributed by atoms with Gasteiger partial charge in [-0.1, -0.05) is 24.3 Å². The average molecular weight is 538 g/mol. The molecule has 0 saturated heterocycles. The first-order chi connectivity index (χ1) is 18.5. The molecule has 2 amide bonds. The van der Waals surface area contributed by atoms with E-state index in [0.717, 1.165) is 29.3 Å². The van der Waals surface area contributed by atoms with Gasteiger partial charge in [0, 0.05) is 11.4 Å². The highest BCUT2D eigenvalue weighted by Gasteiger charge is 2.30. The summed E-state index contributed by atoms with van der Waals surface area (Å²) in [5.74, 6) is -0.690. The molecule has 3 aromatic carbocycles. The van der Waals surface area contributed by atoms with Crippen molar-refractivity contribution in [2.45, 2.75) is 26.9 Å². The molecule has 3 rings (SSSR count). The van der Waals surface area contributed by atoms with Crippen molar-refractivity contribution in [3.63, 3.8) is 0 Å². The number of anilines is 2. The quantitative estimate of drug-likeness (QED) is 0.247. The minimum atomic E-state index is -4.58. The summed E-state index contributed by atoms with van der Waals surface area (Å²) in [6, 6.07) is 16.0. The van der Waals surface area contributed by atoms with E-state index in [1.54, 1.807) is 25.1 Å². The molecular formula is C29H26F3N3O4. The van der Waals surface area contributed by atoms with Crippen LogP contribution >= 0.6 is 0 Å². The van der Waals surface area contributed by atoms with Gasteiger partial charge in [-0.3, -0.25) is 9.59 Å². The van der Waals surface area contributed by atoms with Gasteiger partial charge in [-0.15, -0.1) is 0 Å². The second-order valence-electron chi connectivity index (χ2n) is 8.43. The molecule has 0 atom stereocenters. The zero-order valence-electron chi connectivity index (χ0n) is 21.5. The first-order valence-electron chi connectivity index (χ1n) is 11.9. The Morgan fingerprint density at radius 1 is 0.974 bits per heavy atom. The van der Waals surface area contributed by atoms with Crippen molar-refractivity contribution in [1.29, 1.82) is 5.26 Å². The highest BCUT2D eigenvalue weighted by Crippen LogP contribution is 2.31.